The second-order valence-corrected chi connectivity index (χ2v) is 9.32. The summed E-state index contributed by atoms with van der Waals surface area (Å²) in [7, 11) is 0. The average Bonchev–Trinajstić information content (AvgIpc) is 3.26. The van der Waals surface area contributed by atoms with Crippen LogP contribution in [0.1, 0.15) is 28.0 Å². The van der Waals surface area contributed by atoms with Crippen molar-refractivity contribution < 1.29 is 0 Å². The lowest BCUT2D eigenvalue weighted by Gasteiger charge is -2.15. The Hall–Kier alpha value is -2.26. The molecule has 1 aromatic carbocycles. The van der Waals surface area contributed by atoms with E-state index in [1.165, 1.54) is 10.4 Å². The molecule has 0 atom stereocenters. The summed E-state index contributed by atoms with van der Waals surface area (Å²) in [5.74, 6) is 0.822. The van der Waals surface area contributed by atoms with Gasteiger partial charge in [0.05, 0.1) is 11.3 Å². The third kappa shape index (κ3) is 4.25. The SMILES string of the molecule is Cc1ccc(-c2cc(C3=CCC=CS3)c(C#N)c(SCc3cccs3)n2)cc1. The first-order chi connectivity index (χ1) is 13.7. The molecule has 2 aromatic heterocycles. The second-order valence-electron chi connectivity index (χ2n) is 6.37. The van der Waals surface area contributed by atoms with Crippen molar-refractivity contribution in [1.29, 1.82) is 5.26 Å². The number of nitriles is 1. The van der Waals surface area contributed by atoms with Gasteiger partial charge in [-0.05, 0) is 36.3 Å². The summed E-state index contributed by atoms with van der Waals surface area (Å²) in [5.41, 5.74) is 4.87. The average molecular weight is 419 g/mol. The first-order valence-electron chi connectivity index (χ1n) is 8.94. The summed E-state index contributed by atoms with van der Waals surface area (Å²) >= 11 is 5.05. The predicted molar refractivity (Wildman–Crippen MR) is 122 cm³/mol. The molecular formula is C23H18N2S3. The summed E-state index contributed by atoms with van der Waals surface area (Å²) in [6.07, 6.45) is 5.22. The van der Waals surface area contributed by atoms with Gasteiger partial charge in [0.15, 0.2) is 0 Å². The largest absolute Gasteiger partial charge is 0.240 e. The van der Waals surface area contributed by atoms with Gasteiger partial charge in [-0.2, -0.15) is 5.26 Å². The van der Waals surface area contributed by atoms with E-state index in [1.54, 1.807) is 34.9 Å². The first kappa shape index (κ1) is 19.1. The molecule has 4 rings (SSSR count). The Morgan fingerprint density at radius 2 is 2.07 bits per heavy atom. The minimum atomic E-state index is 0.673. The van der Waals surface area contributed by atoms with E-state index >= 15 is 0 Å². The maximum atomic E-state index is 9.93. The van der Waals surface area contributed by atoms with Crippen LogP contribution >= 0.6 is 34.9 Å². The van der Waals surface area contributed by atoms with E-state index in [0.29, 0.717) is 5.56 Å². The zero-order valence-electron chi connectivity index (χ0n) is 15.4. The molecule has 0 saturated carbocycles. The Morgan fingerprint density at radius 3 is 2.75 bits per heavy atom. The minimum Gasteiger partial charge on any atom is -0.240 e. The van der Waals surface area contributed by atoms with Crippen molar-refractivity contribution in [2.75, 3.05) is 0 Å². The van der Waals surface area contributed by atoms with Crippen molar-refractivity contribution in [3.63, 3.8) is 0 Å². The number of benzene rings is 1. The molecule has 1 aliphatic rings. The maximum Gasteiger partial charge on any atom is 0.116 e. The third-order valence-corrected chi connectivity index (χ3v) is 7.43. The molecule has 0 bridgehead atoms. The fourth-order valence-electron chi connectivity index (χ4n) is 2.91. The van der Waals surface area contributed by atoms with Gasteiger partial charge in [0.2, 0.25) is 0 Å². The van der Waals surface area contributed by atoms with Gasteiger partial charge in [-0.25, -0.2) is 4.98 Å². The number of thioether (sulfide) groups is 2. The van der Waals surface area contributed by atoms with Gasteiger partial charge in [-0.3, -0.25) is 0 Å². The number of aryl methyl sites for hydroxylation is 1. The standard InChI is InChI=1S/C23H18N2S3/c1-16-7-9-17(10-8-16)21-13-19(22-6-2-3-11-27-22)20(14-24)23(25-21)28-15-18-5-4-12-26-18/h3-13H,2,15H2,1H3. The van der Waals surface area contributed by atoms with Gasteiger partial charge < -0.3 is 0 Å². The van der Waals surface area contributed by atoms with Gasteiger partial charge in [0.25, 0.3) is 0 Å². The number of aromatic nitrogens is 1. The molecular weight excluding hydrogens is 400 g/mol. The zero-order valence-corrected chi connectivity index (χ0v) is 17.8. The van der Waals surface area contributed by atoms with Crippen molar-refractivity contribution in [3.8, 4) is 17.3 Å². The number of rotatable bonds is 5. The number of thiophene rings is 1. The van der Waals surface area contributed by atoms with Crippen LogP contribution in [0, 0.1) is 18.3 Å². The lowest BCUT2D eigenvalue weighted by molar-refractivity contribution is 1.11. The van der Waals surface area contributed by atoms with Crippen LogP contribution in [0.2, 0.25) is 0 Å². The lowest BCUT2D eigenvalue weighted by atomic mass is 10.0. The highest BCUT2D eigenvalue weighted by Crippen LogP contribution is 2.39. The highest BCUT2D eigenvalue weighted by atomic mass is 32.2. The maximum absolute atomic E-state index is 9.93. The van der Waals surface area contributed by atoms with Crippen LogP contribution in [0.25, 0.3) is 16.2 Å². The number of nitrogens with zero attached hydrogens (tertiary/aromatic N) is 2. The summed E-state index contributed by atoms with van der Waals surface area (Å²) in [4.78, 5) is 7.31. The van der Waals surface area contributed by atoms with Gasteiger partial charge in [0.1, 0.15) is 11.1 Å². The topological polar surface area (TPSA) is 36.7 Å². The molecule has 0 unspecified atom stereocenters. The molecule has 0 fully saturated rings. The molecule has 138 valence electrons. The fraction of sp³-hybridized carbons (Fsp3) is 0.130. The van der Waals surface area contributed by atoms with Gasteiger partial charge in [-0.15, -0.1) is 11.3 Å². The molecule has 1 aliphatic heterocycles. The van der Waals surface area contributed by atoms with Crippen molar-refractivity contribution in [3.05, 3.63) is 87.0 Å². The van der Waals surface area contributed by atoms with Crippen molar-refractivity contribution in [1.82, 2.24) is 4.98 Å². The van der Waals surface area contributed by atoms with E-state index in [9.17, 15) is 5.26 Å². The van der Waals surface area contributed by atoms with Gasteiger partial charge >= 0.3 is 0 Å². The van der Waals surface area contributed by atoms with E-state index in [4.69, 9.17) is 4.98 Å². The lowest BCUT2D eigenvalue weighted by Crippen LogP contribution is -1.98. The van der Waals surface area contributed by atoms with Gasteiger partial charge in [-0.1, -0.05) is 71.6 Å². The van der Waals surface area contributed by atoms with Crippen molar-refractivity contribution >= 4 is 39.8 Å². The highest BCUT2D eigenvalue weighted by molar-refractivity contribution is 8.11. The zero-order chi connectivity index (χ0) is 19.3. The van der Waals surface area contributed by atoms with Crippen LogP contribution < -0.4 is 0 Å². The smallest absolute Gasteiger partial charge is 0.116 e. The number of hydrogen-bond acceptors (Lipinski definition) is 5. The minimum absolute atomic E-state index is 0.673. The molecule has 3 heterocycles. The van der Waals surface area contributed by atoms with Crippen LogP contribution in [0.3, 0.4) is 0 Å². The summed E-state index contributed by atoms with van der Waals surface area (Å²) < 4.78 is 0. The number of pyridine rings is 1. The second kappa shape index (κ2) is 8.83. The first-order valence-corrected chi connectivity index (χ1v) is 11.7. The molecule has 0 aliphatic carbocycles. The quantitative estimate of drug-likeness (QED) is 0.408. The Kier molecular flexibility index (Phi) is 6.01. The van der Waals surface area contributed by atoms with Crippen LogP contribution in [-0.4, -0.2) is 4.98 Å². The molecule has 2 nitrogen and oxygen atoms in total. The van der Waals surface area contributed by atoms with Crippen molar-refractivity contribution in [2.45, 2.75) is 24.1 Å². The highest BCUT2D eigenvalue weighted by Gasteiger charge is 2.18. The van der Waals surface area contributed by atoms with E-state index < -0.39 is 0 Å². The van der Waals surface area contributed by atoms with Crippen LogP contribution in [0.15, 0.2) is 70.4 Å². The molecule has 3 aromatic rings. The van der Waals surface area contributed by atoms with E-state index in [0.717, 1.165) is 38.9 Å². The number of allylic oxidation sites excluding steroid dienone is 2. The predicted octanol–water partition coefficient (Wildman–Crippen LogP) is 7.27. The molecule has 0 N–H and O–H groups in total. The number of hydrogen-bond donors (Lipinski definition) is 0. The van der Waals surface area contributed by atoms with E-state index in [2.05, 4.69) is 78.4 Å². The Bertz CT molecular complexity index is 1070. The van der Waals surface area contributed by atoms with Crippen LogP contribution in [0.4, 0.5) is 0 Å². The summed E-state index contributed by atoms with van der Waals surface area (Å²) in [6.45, 7) is 2.08. The molecule has 5 heteroatoms. The summed E-state index contributed by atoms with van der Waals surface area (Å²) in [6, 6.07) is 17.1. The van der Waals surface area contributed by atoms with Crippen LogP contribution in [-0.2, 0) is 5.75 Å². The molecule has 0 amide bonds. The monoisotopic (exact) mass is 418 g/mol. The Morgan fingerprint density at radius 1 is 1.21 bits per heavy atom. The Balaban J connectivity index is 1.80. The fourth-order valence-corrected chi connectivity index (χ4v) is 5.52. The van der Waals surface area contributed by atoms with Crippen molar-refractivity contribution in [2.24, 2.45) is 0 Å². The molecule has 0 saturated heterocycles. The van der Waals surface area contributed by atoms with Crippen LogP contribution in [0.5, 0.6) is 0 Å². The summed E-state index contributed by atoms with van der Waals surface area (Å²) in [5, 5.41) is 14.9. The molecule has 28 heavy (non-hydrogen) atoms. The Labute approximate surface area is 178 Å². The van der Waals surface area contributed by atoms with Gasteiger partial charge in [0, 0.05) is 26.7 Å². The normalized spacial score (nSPS) is 13.2. The third-order valence-electron chi connectivity index (χ3n) is 4.37. The molecule has 0 spiro atoms. The van der Waals surface area contributed by atoms with E-state index in [-0.39, 0.29) is 0 Å². The van der Waals surface area contributed by atoms with E-state index in [1.807, 2.05) is 0 Å². The molecule has 0 radical (unpaired) electrons.